The molecule has 5 saturated carbocycles. The Morgan fingerprint density at radius 1 is 0.952 bits per heavy atom. The second-order valence-electron chi connectivity index (χ2n) is 14.2. The minimum absolute atomic E-state index is 0.0837. The Bertz CT molecular complexity index is 1210. The molecular weight excluding hydrogens is 522 g/mol. The molecule has 1 atom stereocenters. The summed E-state index contributed by atoms with van der Waals surface area (Å²) in [4.78, 5) is 25.4. The minimum atomic E-state index is -0.710. The lowest BCUT2D eigenvalue weighted by Crippen LogP contribution is -2.48. The lowest BCUT2D eigenvalue weighted by atomic mass is 9.48. The number of benzene rings is 2. The van der Waals surface area contributed by atoms with E-state index in [1.807, 2.05) is 30.3 Å². The van der Waals surface area contributed by atoms with E-state index >= 15 is 0 Å². The van der Waals surface area contributed by atoms with Gasteiger partial charge in [-0.25, -0.2) is 0 Å². The fraction of sp³-hybridized carbons (Fsp3) is 0.622. The molecule has 0 radical (unpaired) electrons. The van der Waals surface area contributed by atoms with Crippen molar-refractivity contribution < 1.29 is 19.4 Å². The van der Waals surface area contributed by atoms with Crippen molar-refractivity contribution >= 4 is 11.9 Å². The van der Waals surface area contributed by atoms with E-state index in [2.05, 4.69) is 24.4 Å². The normalized spacial score (nSPS) is 27.5. The van der Waals surface area contributed by atoms with Gasteiger partial charge in [0.2, 0.25) is 0 Å². The zero-order valence-electron chi connectivity index (χ0n) is 25.4. The van der Waals surface area contributed by atoms with E-state index in [9.17, 15) is 14.7 Å². The molecule has 5 aliphatic rings. The lowest BCUT2D eigenvalue weighted by molar-refractivity contribution is -0.142. The summed E-state index contributed by atoms with van der Waals surface area (Å²) in [6.07, 6.45) is 16.4. The Balaban J connectivity index is 1.11. The summed E-state index contributed by atoms with van der Waals surface area (Å²) in [5.74, 6) is 2.80. The highest BCUT2D eigenvalue weighted by Gasteiger charge is 2.51. The molecule has 2 N–H and O–H groups in total. The lowest BCUT2D eigenvalue weighted by Gasteiger charge is -2.57. The Morgan fingerprint density at radius 3 is 2.24 bits per heavy atom. The summed E-state index contributed by atoms with van der Waals surface area (Å²) < 4.78 is 6.02. The van der Waals surface area contributed by atoms with E-state index in [1.54, 1.807) is 0 Å². The molecule has 5 fully saturated rings. The summed E-state index contributed by atoms with van der Waals surface area (Å²) in [7, 11) is 0. The predicted octanol–water partition coefficient (Wildman–Crippen LogP) is 8.09. The van der Waals surface area contributed by atoms with Crippen LogP contribution in [0, 0.1) is 29.6 Å². The van der Waals surface area contributed by atoms with Crippen molar-refractivity contribution in [3.05, 3.63) is 64.7 Å². The molecule has 5 aliphatic carbocycles. The van der Waals surface area contributed by atoms with Crippen LogP contribution in [-0.2, 0) is 23.2 Å². The van der Waals surface area contributed by atoms with Crippen molar-refractivity contribution in [2.45, 2.75) is 109 Å². The van der Waals surface area contributed by atoms with Gasteiger partial charge < -0.3 is 15.2 Å². The quantitative estimate of drug-likeness (QED) is 0.270. The second-order valence-corrected chi connectivity index (χ2v) is 14.2. The van der Waals surface area contributed by atoms with Crippen molar-refractivity contribution in [3.63, 3.8) is 0 Å². The number of carbonyl (C=O) groups is 2. The van der Waals surface area contributed by atoms with Crippen LogP contribution in [0.25, 0.3) is 0 Å². The maximum atomic E-state index is 13.2. The molecule has 0 spiro atoms. The molecule has 0 heterocycles. The van der Waals surface area contributed by atoms with Crippen LogP contribution in [0.2, 0.25) is 0 Å². The molecule has 2 aromatic rings. The molecular formula is C37H49NO4. The monoisotopic (exact) mass is 571 g/mol. The number of aliphatic carboxylic acids is 1. The van der Waals surface area contributed by atoms with Crippen molar-refractivity contribution in [2.24, 2.45) is 29.6 Å². The third-order valence-corrected chi connectivity index (χ3v) is 11.0. The third kappa shape index (κ3) is 6.55. The van der Waals surface area contributed by atoms with Gasteiger partial charge in [-0.2, -0.15) is 0 Å². The van der Waals surface area contributed by atoms with Gasteiger partial charge in [0, 0.05) is 17.7 Å². The molecule has 2 aromatic carbocycles. The first-order valence-corrected chi connectivity index (χ1v) is 16.8. The average Bonchev–Trinajstić information content (AvgIpc) is 2.99. The van der Waals surface area contributed by atoms with Crippen molar-refractivity contribution in [1.82, 2.24) is 5.32 Å². The fourth-order valence-corrected chi connectivity index (χ4v) is 9.35. The number of carboxylic acids is 1. The highest BCUT2D eigenvalue weighted by Crippen LogP contribution is 2.60. The summed E-state index contributed by atoms with van der Waals surface area (Å²) in [5, 5.41) is 13.1. The Hall–Kier alpha value is -2.82. The second kappa shape index (κ2) is 12.8. The molecule has 0 aromatic heterocycles. The van der Waals surface area contributed by atoms with Crippen molar-refractivity contribution in [3.8, 4) is 5.75 Å². The summed E-state index contributed by atoms with van der Waals surface area (Å²) in [6, 6.07) is 14.4. The molecule has 7 rings (SSSR count). The highest BCUT2D eigenvalue weighted by atomic mass is 16.5. The van der Waals surface area contributed by atoms with Crippen LogP contribution in [0.3, 0.4) is 0 Å². The predicted molar refractivity (Wildman–Crippen MR) is 166 cm³/mol. The van der Waals surface area contributed by atoms with Gasteiger partial charge in [0.25, 0.3) is 5.91 Å². The van der Waals surface area contributed by atoms with E-state index in [4.69, 9.17) is 4.74 Å². The third-order valence-electron chi connectivity index (χ3n) is 11.0. The van der Waals surface area contributed by atoms with Crippen LogP contribution in [0.4, 0.5) is 0 Å². The first-order valence-electron chi connectivity index (χ1n) is 16.8. The van der Waals surface area contributed by atoms with Gasteiger partial charge in [-0.3, -0.25) is 9.59 Å². The van der Waals surface area contributed by atoms with Crippen LogP contribution in [0.15, 0.2) is 42.5 Å². The van der Waals surface area contributed by atoms with Gasteiger partial charge >= 0.3 is 5.97 Å². The van der Waals surface area contributed by atoms with Crippen molar-refractivity contribution in [2.75, 3.05) is 6.61 Å². The zero-order valence-corrected chi connectivity index (χ0v) is 25.4. The van der Waals surface area contributed by atoms with Crippen molar-refractivity contribution in [1.29, 1.82) is 0 Å². The summed E-state index contributed by atoms with van der Waals surface area (Å²) in [5.41, 5.74) is 4.35. The summed E-state index contributed by atoms with van der Waals surface area (Å²) >= 11 is 0. The molecule has 5 heteroatoms. The van der Waals surface area contributed by atoms with E-state index in [-0.39, 0.29) is 11.8 Å². The molecule has 0 aliphatic heterocycles. The molecule has 42 heavy (non-hydrogen) atoms. The van der Waals surface area contributed by atoms with E-state index in [0.717, 1.165) is 60.3 Å². The van der Waals surface area contributed by atoms with Gasteiger partial charge in [0.15, 0.2) is 0 Å². The maximum absolute atomic E-state index is 13.2. The van der Waals surface area contributed by atoms with Crippen LogP contribution in [0.5, 0.6) is 5.75 Å². The highest BCUT2D eigenvalue weighted by molar-refractivity contribution is 5.94. The number of hydrogen-bond acceptors (Lipinski definition) is 3. The molecule has 5 nitrogen and oxygen atoms in total. The van der Waals surface area contributed by atoms with Gasteiger partial charge in [-0.05, 0) is 116 Å². The number of carbonyl (C=O) groups excluding carboxylic acids is 1. The van der Waals surface area contributed by atoms with Crippen LogP contribution < -0.4 is 10.1 Å². The topological polar surface area (TPSA) is 75.6 Å². The number of ether oxygens (including phenoxy) is 1. The first kappa shape index (κ1) is 29.3. The standard InChI is InChI=1S/C37H49NO4/c1-2-14-42-34-13-8-26(19-31(36(40)41)18-25-6-4-3-5-7-25)20-32(34)24-38-35(39)30-9-11-33(12-10-30)37-21-27-15-28(22-37)17-29(16-27)23-37/h8-13,20,25,27-29,31H,2-7,14-19,21-24H2,1H3,(H,38,39)(H,40,41)/t27?,28?,29?,31-,37?/m0/s1. The molecule has 4 bridgehead atoms. The van der Waals surface area contributed by atoms with E-state index in [0.29, 0.717) is 36.5 Å². The van der Waals surface area contributed by atoms with Crippen LogP contribution in [-0.4, -0.2) is 23.6 Å². The van der Waals surface area contributed by atoms with Crippen LogP contribution in [0.1, 0.15) is 117 Å². The van der Waals surface area contributed by atoms with Gasteiger partial charge in [0.1, 0.15) is 5.75 Å². The van der Waals surface area contributed by atoms with Gasteiger partial charge in [-0.1, -0.05) is 63.3 Å². The molecule has 1 amide bonds. The zero-order chi connectivity index (χ0) is 29.1. The summed E-state index contributed by atoms with van der Waals surface area (Å²) in [6.45, 7) is 3.03. The largest absolute Gasteiger partial charge is 0.493 e. The molecule has 0 unspecified atom stereocenters. The maximum Gasteiger partial charge on any atom is 0.306 e. The Labute approximate surface area is 251 Å². The number of rotatable bonds is 12. The average molecular weight is 572 g/mol. The number of amides is 1. The molecule has 0 saturated heterocycles. The number of carboxylic acid groups (broad SMARTS) is 1. The Morgan fingerprint density at radius 2 is 1.62 bits per heavy atom. The fourth-order valence-electron chi connectivity index (χ4n) is 9.35. The number of nitrogens with one attached hydrogen (secondary N) is 1. The van der Waals surface area contributed by atoms with Gasteiger partial charge in [0.05, 0.1) is 12.5 Å². The first-order chi connectivity index (χ1) is 20.4. The minimum Gasteiger partial charge on any atom is -0.493 e. The van der Waals surface area contributed by atoms with E-state index in [1.165, 1.54) is 63.4 Å². The van der Waals surface area contributed by atoms with Gasteiger partial charge in [-0.15, -0.1) is 0 Å². The van der Waals surface area contributed by atoms with Crippen LogP contribution >= 0.6 is 0 Å². The van der Waals surface area contributed by atoms with E-state index < -0.39 is 5.97 Å². The molecule has 226 valence electrons. The number of hydrogen-bond donors (Lipinski definition) is 2. The smallest absolute Gasteiger partial charge is 0.306 e. The Kier molecular flexibility index (Phi) is 8.93. The SMILES string of the molecule is CCCOc1ccc(C[C@H](CC2CCCCC2)C(=O)O)cc1CNC(=O)c1ccc(C23CC4CC(CC(C4)C2)C3)cc1.